The monoisotopic (exact) mass is 375 g/mol. The van der Waals surface area contributed by atoms with Crippen LogP contribution in [0.3, 0.4) is 0 Å². The molecule has 0 radical (unpaired) electrons. The quantitative estimate of drug-likeness (QED) is 0.786. The van der Waals surface area contributed by atoms with Crippen LogP contribution in [0.4, 0.5) is 0 Å². The van der Waals surface area contributed by atoms with E-state index in [9.17, 15) is 14.4 Å². The van der Waals surface area contributed by atoms with Crippen LogP contribution in [0.15, 0.2) is 24.3 Å². The number of hydrogen-bond donors (Lipinski definition) is 2. The van der Waals surface area contributed by atoms with Crippen molar-refractivity contribution < 1.29 is 19.1 Å². The molecule has 1 aromatic rings. The van der Waals surface area contributed by atoms with E-state index >= 15 is 0 Å². The van der Waals surface area contributed by atoms with Crippen LogP contribution >= 0.6 is 0 Å². The number of rotatable bonds is 4. The summed E-state index contributed by atoms with van der Waals surface area (Å²) in [6.45, 7) is 8.39. The van der Waals surface area contributed by atoms with Gasteiger partial charge < -0.3 is 9.64 Å². The number of piperidine rings is 1. The third-order valence-corrected chi connectivity index (χ3v) is 4.41. The third-order valence-electron chi connectivity index (χ3n) is 4.41. The first-order valence-corrected chi connectivity index (χ1v) is 9.24. The number of benzene rings is 1. The highest BCUT2D eigenvalue weighted by atomic mass is 16.5. The van der Waals surface area contributed by atoms with Crippen LogP contribution in [-0.2, 0) is 14.4 Å². The molecule has 0 aromatic heterocycles. The van der Waals surface area contributed by atoms with Gasteiger partial charge in [-0.1, -0.05) is 32.9 Å². The Kier molecular flexibility index (Phi) is 6.82. The van der Waals surface area contributed by atoms with E-state index in [0.29, 0.717) is 25.3 Å². The van der Waals surface area contributed by atoms with Crippen LogP contribution in [0.1, 0.15) is 39.2 Å². The Hall–Kier alpha value is -2.57. The number of hydrazine groups is 1. The molecule has 1 aliphatic heterocycles. The Morgan fingerprint density at radius 3 is 2.63 bits per heavy atom. The zero-order chi connectivity index (χ0) is 20.0. The van der Waals surface area contributed by atoms with Crippen molar-refractivity contribution in [2.24, 2.45) is 11.3 Å². The molecule has 3 amide bonds. The predicted molar refractivity (Wildman–Crippen MR) is 102 cm³/mol. The van der Waals surface area contributed by atoms with Crippen LogP contribution < -0.4 is 15.6 Å². The number of likely N-dealkylation sites (tertiary alicyclic amines) is 1. The molecule has 1 unspecified atom stereocenters. The molecule has 0 spiro atoms. The molecule has 7 heteroatoms. The summed E-state index contributed by atoms with van der Waals surface area (Å²) in [5.74, 6) is -0.424. The molecule has 1 aromatic carbocycles. The minimum Gasteiger partial charge on any atom is -0.484 e. The Bertz CT molecular complexity index is 697. The Morgan fingerprint density at radius 2 is 1.96 bits per heavy atom. The lowest BCUT2D eigenvalue weighted by atomic mass is 9.91. The molecule has 0 bridgehead atoms. The molecule has 1 fully saturated rings. The zero-order valence-corrected chi connectivity index (χ0v) is 16.5. The smallest absolute Gasteiger partial charge is 0.276 e. The van der Waals surface area contributed by atoms with Crippen LogP contribution in [0.5, 0.6) is 5.75 Å². The molecule has 1 aliphatic rings. The number of carbonyl (C=O) groups excluding carboxylic acids is 3. The van der Waals surface area contributed by atoms with Gasteiger partial charge in [-0.15, -0.1) is 0 Å². The maximum Gasteiger partial charge on any atom is 0.276 e. The Morgan fingerprint density at radius 1 is 1.22 bits per heavy atom. The topological polar surface area (TPSA) is 87.7 Å². The van der Waals surface area contributed by atoms with Gasteiger partial charge in [0.25, 0.3) is 5.91 Å². The van der Waals surface area contributed by atoms with Crippen molar-refractivity contribution in [1.29, 1.82) is 0 Å². The molecule has 1 saturated heterocycles. The second kappa shape index (κ2) is 8.88. The summed E-state index contributed by atoms with van der Waals surface area (Å²) in [5.41, 5.74) is 5.38. The maximum absolute atomic E-state index is 12.4. The number of amides is 3. The fourth-order valence-corrected chi connectivity index (χ4v) is 2.97. The van der Waals surface area contributed by atoms with E-state index < -0.39 is 11.3 Å². The number of carbonyl (C=O) groups is 3. The molecule has 2 N–H and O–H groups in total. The van der Waals surface area contributed by atoms with Crippen LogP contribution in [0, 0.1) is 18.3 Å². The maximum atomic E-state index is 12.4. The van der Waals surface area contributed by atoms with Gasteiger partial charge in [0.2, 0.25) is 11.8 Å². The van der Waals surface area contributed by atoms with Gasteiger partial charge in [0.05, 0.1) is 5.92 Å². The van der Waals surface area contributed by atoms with E-state index in [0.717, 1.165) is 12.0 Å². The average Bonchev–Trinajstić information content (AvgIpc) is 2.63. The molecule has 27 heavy (non-hydrogen) atoms. The van der Waals surface area contributed by atoms with Gasteiger partial charge in [0.15, 0.2) is 6.61 Å². The van der Waals surface area contributed by atoms with Crippen molar-refractivity contribution in [2.45, 2.75) is 40.5 Å². The largest absolute Gasteiger partial charge is 0.484 e. The molecule has 148 valence electrons. The lowest BCUT2D eigenvalue weighted by Crippen LogP contribution is -2.52. The van der Waals surface area contributed by atoms with Crippen LogP contribution in [0.2, 0.25) is 0 Å². The highest BCUT2D eigenvalue weighted by Gasteiger charge is 2.33. The number of ether oxygens (including phenoxy) is 1. The van der Waals surface area contributed by atoms with Gasteiger partial charge in [-0.05, 0) is 37.5 Å². The number of nitrogens with zero attached hydrogens (tertiary/aromatic N) is 1. The summed E-state index contributed by atoms with van der Waals surface area (Å²) in [5, 5.41) is 0. The molecular weight excluding hydrogens is 346 g/mol. The minimum atomic E-state index is -0.473. The molecule has 0 saturated carbocycles. The van der Waals surface area contributed by atoms with Gasteiger partial charge in [0, 0.05) is 18.5 Å². The minimum absolute atomic E-state index is 0.0376. The van der Waals surface area contributed by atoms with E-state index in [1.165, 1.54) is 0 Å². The molecule has 7 nitrogen and oxygen atoms in total. The van der Waals surface area contributed by atoms with E-state index in [1.54, 1.807) is 11.0 Å². The van der Waals surface area contributed by atoms with Crippen molar-refractivity contribution in [3.05, 3.63) is 29.8 Å². The van der Waals surface area contributed by atoms with E-state index in [1.807, 2.05) is 45.9 Å². The van der Waals surface area contributed by atoms with E-state index in [-0.39, 0.29) is 24.3 Å². The van der Waals surface area contributed by atoms with Crippen LogP contribution in [0.25, 0.3) is 0 Å². The highest BCUT2D eigenvalue weighted by molar-refractivity contribution is 5.85. The second-order valence-electron chi connectivity index (χ2n) is 7.98. The summed E-state index contributed by atoms with van der Waals surface area (Å²) >= 11 is 0. The molecule has 1 heterocycles. The highest BCUT2D eigenvalue weighted by Crippen LogP contribution is 2.23. The van der Waals surface area contributed by atoms with Gasteiger partial charge in [-0.2, -0.15) is 0 Å². The number of aryl methyl sites for hydroxylation is 1. The van der Waals surface area contributed by atoms with Gasteiger partial charge in [-0.25, -0.2) is 0 Å². The first kappa shape index (κ1) is 20.7. The number of nitrogens with one attached hydrogen (secondary N) is 2. The molecular formula is C20H29N3O4. The SMILES string of the molecule is Cc1cccc(OCC(=O)NNC(=O)C2CCCN(C(=O)C(C)(C)C)C2)c1. The Labute approximate surface area is 160 Å². The van der Waals surface area contributed by atoms with E-state index in [4.69, 9.17) is 4.74 Å². The first-order chi connectivity index (χ1) is 12.7. The molecule has 1 atom stereocenters. The summed E-state index contributed by atoms with van der Waals surface area (Å²) in [6.07, 6.45) is 1.46. The molecule has 2 rings (SSSR count). The van der Waals surface area contributed by atoms with Gasteiger partial charge in [0.1, 0.15) is 5.75 Å². The van der Waals surface area contributed by atoms with Crippen molar-refractivity contribution in [1.82, 2.24) is 15.8 Å². The third kappa shape index (κ3) is 6.27. The zero-order valence-electron chi connectivity index (χ0n) is 16.5. The Balaban J connectivity index is 1.77. The predicted octanol–water partition coefficient (Wildman–Crippen LogP) is 1.81. The van der Waals surface area contributed by atoms with Gasteiger partial charge in [-0.3, -0.25) is 25.2 Å². The first-order valence-electron chi connectivity index (χ1n) is 9.24. The fourth-order valence-electron chi connectivity index (χ4n) is 2.97. The van der Waals surface area contributed by atoms with Crippen molar-refractivity contribution in [3.63, 3.8) is 0 Å². The second-order valence-corrected chi connectivity index (χ2v) is 7.98. The summed E-state index contributed by atoms with van der Waals surface area (Å²) < 4.78 is 5.40. The fraction of sp³-hybridized carbons (Fsp3) is 0.550. The molecule has 0 aliphatic carbocycles. The normalized spacial score (nSPS) is 17.2. The lowest BCUT2D eigenvalue weighted by molar-refractivity contribution is -0.143. The summed E-state index contributed by atoms with van der Waals surface area (Å²) in [7, 11) is 0. The lowest BCUT2D eigenvalue weighted by Gasteiger charge is -2.35. The van der Waals surface area contributed by atoms with E-state index in [2.05, 4.69) is 10.9 Å². The average molecular weight is 375 g/mol. The standard InChI is InChI=1S/C20H29N3O4/c1-14-7-5-9-16(11-14)27-13-17(24)21-22-18(25)15-8-6-10-23(12-15)19(26)20(2,3)4/h5,7,9,11,15H,6,8,10,12-13H2,1-4H3,(H,21,24)(H,22,25). The van der Waals surface area contributed by atoms with Crippen molar-refractivity contribution in [3.8, 4) is 5.75 Å². The van der Waals surface area contributed by atoms with Crippen molar-refractivity contribution in [2.75, 3.05) is 19.7 Å². The summed E-state index contributed by atoms with van der Waals surface area (Å²) in [4.78, 5) is 38.4. The summed E-state index contributed by atoms with van der Waals surface area (Å²) in [6, 6.07) is 7.37. The van der Waals surface area contributed by atoms with Gasteiger partial charge >= 0.3 is 0 Å². The van der Waals surface area contributed by atoms with Crippen molar-refractivity contribution >= 4 is 17.7 Å². The van der Waals surface area contributed by atoms with Crippen LogP contribution in [-0.4, -0.2) is 42.3 Å². The number of hydrogen-bond acceptors (Lipinski definition) is 4.